The Morgan fingerprint density at radius 3 is 2.56 bits per heavy atom. The molecule has 2 bridgehead atoms. The molecule has 4 N–H and O–H groups in total. The van der Waals surface area contributed by atoms with Crippen molar-refractivity contribution in [2.45, 2.75) is 62.2 Å². The average molecular weight is 539 g/mol. The lowest BCUT2D eigenvalue weighted by Gasteiger charge is -2.55. The van der Waals surface area contributed by atoms with Gasteiger partial charge in [-0.25, -0.2) is 0 Å². The van der Waals surface area contributed by atoms with Gasteiger partial charge in [-0.15, -0.1) is 0 Å². The number of likely N-dealkylation sites (tertiary alicyclic amines) is 1. The van der Waals surface area contributed by atoms with Gasteiger partial charge in [0.05, 0.1) is 19.2 Å². The Hall–Kier alpha value is -3.67. The Labute approximate surface area is 224 Å². The largest absolute Gasteiger partial charge is 0.504 e. The molecule has 2 aromatic rings. The zero-order valence-corrected chi connectivity index (χ0v) is 21.8. The summed E-state index contributed by atoms with van der Waals surface area (Å²) in [4.78, 5) is 15.7. The molecule has 11 nitrogen and oxygen atoms in total. The smallest absolute Gasteiger partial charge is 0.240 e. The van der Waals surface area contributed by atoms with Crippen molar-refractivity contribution < 1.29 is 43.8 Å². The summed E-state index contributed by atoms with van der Waals surface area (Å²) in [5, 5.41) is 34.6. The molecular weight excluding hydrogens is 508 g/mol. The molecule has 0 aromatic heterocycles. The van der Waals surface area contributed by atoms with E-state index in [1.54, 1.807) is 11.0 Å². The number of phenolic OH excluding ortho intramolecular Hbond substituents is 2. The number of methoxy groups -OCH3 is 1. The van der Waals surface area contributed by atoms with Crippen LogP contribution in [0.2, 0.25) is 0 Å². The highest BCUT2D eigenvalue weighted by Crippen LogP contribution is 2.70. The van der Waals surface area contributed by atoms with Gasteiger partial charge < -0.3 is 43.9 Å². The van der Waals surface area contributed by atoms with Crippen LogP contribution in [0.25, 0.3) is 0 Å². The first-order valence-corrected chi connectivity index (χ1v) is 12.9. The van der Waals surface area contributed by atoms with Crippen molar-refractivity contribution in [3.05, 3.63) is 47.0 Å². The molecule has 1 amide bonds. The second kappa shape index (κ2) is 7.93. The fraction of sp³-hybridized carbons (Fsp3) is 0.464. The number of phenols is 2. The Morgan fingerprint density at radius 2 is 1.92 bits per heavy atom. The van der Waals surface area contributed by atoms with Crippen molar-refractivity contribution in [1.29, 1.82) is 0 Å². The third kappa shape index (κ3) is 2.95. The minimum atomic E-state index is -1.13. The topological polar surface area (TPSA) is 139 Å². The van der Waals surface area contributed by atoms with Crippen LogP contribution in [0, 0.1) is 6.92 Å². The zero-order valence-electron chi connectivity index (χ0n) is 21.8. The van der Waals surface area contributed by atoms with E-state index in [-0.39, 0.29) is 42.6 Å². The van der Waals surface area contributed by atoms with Crippen molar-refractivity contribution >= 4 is 5.91 Å². The first-order valence-electron chi connectivity index (χ1n) is 12.9. The molecule has 2 unspecified atom stereocenters. The number of nitrogens with one attached hydrogen (secondary N) is 1. The van der Waals surface area contributed by atoms with Crippen LogP contribution in [0.4, 0.5) is 0 Å². The monoisotopic (exact) mass is 538 g/mol. The number of aromatic hydroxyl groups is 2. The molecule has 4 aliphatic heterocycles. The molecule has 0 saturated carbocycles. The van der Waals surface area contributed by atoms with Crippen LogP contribution >= 0.6 is 0 Å². The highest BCUT2D eigenvalue weighted by atomic mass is 16.7. The van der Waals surface area contributed by atoms with Crippen molar-refractivity contribution in [3.8, 4) is 34.5 Å². The van der Waals surface area contributed by atoms with Gasteiger partial charge in [-0.2, -0.15) is 0 Å². The predicted molar refractivity (Wildman–Crippen MR) is 135 cm³/mol. The van der Waals surface area contributed by atoms with E-state index < -0.39 is 29.5 Å². The molecular formula is C28H30N2O9. The van der Waals surface area contributed by atoms with Gasteiger partial charge in [0, 0.05) is 28.7 Å². The molecule has 206 valence electrons. The normalized spacial score (nSPS) is 32.7. The van der Waals surface area contributed by atoms with Gasteiger partial charge in [0.25, 0.3) is 0 Å². The number of nitrogens with zero attached hydrogens (tertiary/aromatic N) is 1. The molecule has 0 radical (unpaired) electrons. The molecule has 11 heteroatoms. The molecule has 3 fully saturated rings. The SMILES string of the molecule is C=CCOc1c(C)c2c(c3c1[C@@]14C[C@H]3N(C(=O)[C@@H]3CC(C)(c5cc(O)c(OC)c(O)c5)N3)[C@@H]1C(O)O4)OCO2. The lowest BCUT2D eigenvalue weighted by atomic mass is 9.76. The van der Waals surface area contributed by atoms with Crippen LogP contribution in [0.3, 0.4) is 0 Å². The maximum absolute atomic E-state index is 14.0. The summed E-state index contributed by atoms with van der Waals surface area (Å²) >= 11 is 0. The predicted octanol–water partition coefficient (Wildman–Crippen LogP) is 2.19. The van der Waals surface area contributed by atoms with Gasteiger partial charge in [-0.3, -0.25) is 10.1 Å². The molecule has 2 aromatic carbocycles. The van der Waals surface area contributed by atoms with Gasteiger partial charge in [0.1, 0.15) is 24.0 Å². The maximum Gasteiger partial charge on any atom is 0.240 e. The second-order valence-electron chi connectivity index (χ2n) is 11.0. The fourth-order valence-electron chi connectivity index (χ4n) is 7.23. The Balaban J connectivity index is 1.22. The maximum atomic E-state index is 14.0. The summed E-state index contributed by atoms with van der Waals surface area (Å²) in [6.07, 6.45) is 1.42. The van der Waals surface area contributed by atoms with Crippen LogP contribution in [-0.2, 0) is 20.7 Å². The van der Waals surface area contributed by atoms with Gasteiger partial charge in [0.2, 0.25) is 18.4 Å². The summed E-state index contributed by atoms with van der Waals surface area (Å²) in [6.45, 7) is 7.90. The quantitative estimate of drug-likeness (QED) is 0.405. The van der Waals surface area contributed by atoms with E-state index in [9.17, 15) is 20.1 Å². The number of hydrogen-bond donors (Lipinski definition) is 4. The molecule has 3 saturated heterocycles. The summed E-state index contributed by atoms with van der Waals surface area (Å²) in [5.74, 6) is 1.26. The minimum Gasteiger partial charge on any atom is -0.504 e. The number of carbonyl (C=O) groups excluding carboxylic acids is 1. The first-order chi connectivity index (χ1) is 18.6. The van der Waals surface area contributed by atoms with Crippen LogP contribution < -0.4 is 24.3 Å². The minimum absolute atomic E-state index is 0.00395. The number of aliphatic hydroxyl groups excluding tert-OH is 1. The van der Waals surface area contributed by atoms with E-state index >= 15 is 0 Å². The molecule has 6 atom stereocenters. The highest BCUT2D eigenvalue weighted by Gasteiger charge is 2.74. The van der Waals surface area contributed by atoms with Crippen LogP contribution in [0.5, 0.6) is 34.5 Å². The van der Waals surface area contributed by atoms with Gasteiger partial charge in [-0.1, -0.05) is 12.7 Å². The zero-order chi connectivity index (χ0) is 27.4. The molecule has 1 aliphatic carbocycles. The van der Waals surface area contributed by atoms with E-state index in [4.69, 9.17) is 23.7 Å². The van der Waals surface area contributed by atoms with E-state index in [0.29, 0.717) is 35.7 Å². The number of rotatable bonds is 6. The fourth-order valence-corrected chi connectivity index (χ4v) is 7.23. The van der Waals surface area contributed by atoms with Crippen molar-refractivity contribution in [2.75, 3.05) is 20.5 Å². The number of fused-ring (bicyclic) bond motifs is 5. The third-order valence-electron chi connectivity index (χ3n) is 8.90. The van der Waals surface area contributed by atoms with E-state index in [1.165, 1.54) is 19.2 Å². The Morgan fingerprint density at radius 1 is 1.23 bits per heavy atom. The molecule has 5 aliphatic rings. The number of amides is 1. The summed E-state index contributed by atoms with van der Waals surface area (Å²) in [6, 6.07) is 1.54. The van der Waals surface area contributed by atoms with Gasteiger partial charge in [-0.05, 0) is 38.0 Å². The van der Waals surface area contributed by atoms with Gasteiger partial charge >= 0.3 is 0 Å². The molecule has 7 rings (SSSR count). The summed E-state index contributed by atoms with van der Waals surface area (Å²) in [5.41, 5.74) is 1.46. The lowest BCUT2D eigenvalue weighted by molar-refractivity contribution is -0.323. The molecule has 39 heavy (non-hydrogen) atoms. The average Bonchev–Trinajstić information content (AvgIpc) is 3.56. The summed E-state index contributed by atoms with van der Waals surface area (Å²) < 4.78 is 28.9. The van der Waals surface area contributed by atoms with E-state index in [2.05, 4.69) is 11.9 Å². The Kier molecular flexibility index (Phi) is 4.96. The van der Waals surface area contributed by atoms with Crippen molar-refractivity contribution in [1.82, 2.24) is 10.2 Å². The lowest BCUT2D eigenvalue weighted by Crippen LogP contribution is -2.71. The highest BCUT2D eigenvalue weighted by molar-refractivity contribution is 5.87. The van der Waals surface area contributed by atoms with Crippen LogP contribution in [-0.4, -0.2) is 65.0 Å². The van der Waals surface area contributed by atoms with Gasteiger partial charge in [0.15, 0.2) is 29.3 Å². The number of benzene rings is 2. The number of aliphatic hydroxyl groups is 1. The third-order valence-corrected chi connectivity index (χ3v) is 8.90. The van der Waals surface area contributed by atoms with E-state index in [0.717, 1.165) is 16.7 Å². The van der Waals surface area contributed by atoms with Crippen LogP contribution in [0.15, 0.2) is 24.8 Å². The number of carbonyl (C=O) groups is 1. The standard InChI is InChI=1S/C28H30N2O9/c1-5-6-36-20-12(2)21-23(38-11-37-21)18-15-10-28(19(18)20)24(26(34)39-28)30(15)25(33)14-9-27(3,29-14)13-7-16(31)22(35-4)17(32)8-13/h5,7-8,14-15,24,26,29,31-32,34H,1,6,9-11H2,2-4H3/t14-,15+,24+,26?,27?,28-/m0/s1. The summed E-state index contributed by atoms with van der Waals surface area (Å²) in [7, 11) is 1.36. The second-order valence-corrected chi connectivity index (χ2v) is 11.0. The van der Waals surface area contributed by atoms with Crippen LogP contribution in [0.1, 0.15) is 48.1 Å². The molecule has 4 heterocycles. The van der Waals surface area contributed by atoms with Crippen molar-refractivity contribution in [2.24, 2.45) is 0 Å². The number of hydrogen-bond acceptors (Lipinski definition) is 10. The van der Waals surface area contributed by atoms with Crippen molar-refractivity contribution in [3.63, 3.8) is 0 Å². The first kappa shape index (κ1) is 24.4. The Bertz CT molecular complexity index is 1410. The number of ether oxygens (including phenoxy) is 5. The van der Waals surface area contributed by atoms with E-state index in [1.807, 2.05) is 13.8 Å². The molecule has 1 spiro atoms.